The molecular formula is C18H19N7. The SMILES string of the molecule is Cc1nc2ncnn2c(NCc2cn(C)nc2-c2ccccc2)c1C. The molecule has 4 aromatic rings. The van der Waals surface area contributed by atoms with Gasteiger partial charge in [-0.3, -0.25) is 4.68 Å². The van der Waals surface area contributed by atoms with E-state index in [-0.39, 0.29) is 0 Å². The first kappa shape index (κ1) is 15.3. The minimum absolute atomic E-state index is 0.597. The maximum atomic E-state index is 4.62. The Labute approximate surface area is 145 Å². The minimum atomic E-state index is 0.597. The van der Waals surface area contributed by atoms with E-state index in [1.807, 2.05) is 50.0 Å². The molecule has 3 aromatic heterocycles. The molecule has 0 aliphatic rings. The molecule has 25 heavy (non-hydrogen) atoms. The third-order valence-electron chi connectivity index (χ3n) is 4.31. The average Bonchev–Trinajstić information content (AvgIpc) is 3.22. The highest BCUT2D eigenvalue weighted by atomic mass is 15.4. The highest BCUT2D eigenvalue weighted by Gasteiger charge is 2.14. The predicted molar refractivity (Wildman–Crippen MR) is 96.2 cm³/mol. The van der Waals surface area contributed by atoms with E-state index in [0.717, 1.165) is 33.9 Å². The van der Waals surface area contributed by atoms with Crippen LogP contribution in [0.4, 0.5) is 5.82 Å². The lowest BCUT2D eigenvalue weighted by Crippen LogP contribution is -2.10. The molecule has 0 fully saturated rings. The summed E-state index contributed by atoms with van der Waals surface area (Å²) in [7, 11) is 1.94. The monoisotopic (exact) mass is 333 g/mol. The van der Waals surface area contributed by atoms with Gasteiger partial charge >= 0.3 is 0 Å². The molecule has 0 amide bonds. The topological polar surface area (TPSA) is 72.9 Å². The summed E-state index contributed by atoms with van der Waals surface area (Å²) in [4.78, 5) is 8.64. The van der Waals surface area contributed by atoms with Gasteiger partial charge < -0.3 is 5.32 Å². The summed E-state index contributed by atoms with van der Waals surface area (Å²) in [6, 6.07) is 10.2. The van der Waals surface area contributed by atoms with Gasteiger partial charge in [-0.1, -0.05) is 30.3 Å². The van der Waals surface area contributed by atoms with E-state index >= 15 is 0 Å². The van der Waals surface area contributed by atoms with Crippen LogP contribution >= 0.6 is 0 Å². The van der Waals surface area contributed by atoms with Gasteiger partial charge in [0.2, 0.25) is 0 Å². The maximum absolute atomic E-state index is 4.62. The van der Waals surface area contributed by atoms with Gasteiger partial charge in [0.15, 0.2) is 0 Å². The predicted octanol–water partition coefficient (Wildman–Crippen LogP) is 2.75. The lowest BCUT2D eigenvalue weighted by Gasteiger charge is -2.12. The van der Waals surface area contributed by atoms with Crippen LogP contribution in [-0.4, -0.2) is 29.4 Å². The van der Waals surface area contributed by atoms with Crippen LogP contribution in [0, 0.1) is 13.8 Å². The molecule has 0 bridgehead atoms. The smallest absolute Gasteiger partial charge is 0.254 e. The Bertz CT molecular complexity index is 1030. The summed E-state index contributed by atoms with van der Waals surface area (Å²) in [6.07, 6.45) is 3.56. The van der Waals surface area contributed by atoms with Gasteiger partial charge in [-0.15, -0.1) is 0 Å². The number of hydrogen-bond donors (Lipinski definition) is 1. The molecule has 0 saturated heterocycles. The third-order valence-corrected chi connectivity index (χ3v) is 4.31. The number of nitrogens with one attached hydrogen (secondary N) is 1. The summed E-state index contributed by atoms with van der Waals surface area (Å²) in [5.41, 5.74) is 5.21. The fraction of sp³-hybridized carbons (Fsp3) is 0.222. The van der Waals surface area contributed by atoms with Gasteiger partial charge in [-0.05, 0) is 13.8 Å². The molecule has 0 spiro atoms. The van der Waals surface area contributed by atoms with Crippen LogP contribution in [0.1, 0.15) is 16.8 Å². The van der Waals surface area contributed by atoms with Crippen LogP contribution in [0.2, 0.25) is 0 Å². The second-order valence-electron chi connectivity index (χ2n) is 6.04. The number of fused-ring (bicyclic) bond motifs is 1. The van der Waals surface area contributed by atoms with Crippen molar-refractivity contribution < 1.29 is 0 Å². The molecule has 7 heteroatoms. The molecule has 0 atom stereocenters. The van der Waals surface area contributed by atoms with E-state index in [2.05, 4.69) is 37.6 Å². The second-order valence-corrected chi connectivity index (χ2v) is 6.04. The van der Waals surface area contributed by atoms with Gasteiger partial charge in [0.05, 0.1) is 5.69 Å². The zero-order valence-corrected chi connectivity index (χ0v) is 14.4. The van der Waals surface area contributed by atoms with Gasteiger partial charge in [-0.25, -0.2) is 4.98 Å². The van der Waals surface area contributed by atoms with Crippen LogP contribution in [-0.2, 0) is 13.6 Å². The first-order valence-electron chi connectivity index (χ1n) is 8.12. The van der Waals surface area contributed by atoms with Crippen molar-refractivity contribution in [3.05, 3.63) is 59.7 Å². The summed E-state index contributed by atoms with van der Waals surface area (Å²) in [6.45, 7) is 4.65. The highest BCUT2D eigenvalue weighted by molar-refractivity contribution is 5.63. The molecule has 1 N–H and O–H groups in total. The Kier molecular flexibility index (Phi) is 3.68. The fourth-order valence-electron chi connectivity index (χ4n) is 2.93. The van der Waals surface area contributed by atoms with E-state index < -0.39 is 0 Å². The lowest BCUT2D eigenvalue weighted by atomic mass is 10.1. The van der Waals surface area contributed by atoms with Crippen molar-refractivity contribution in [2.24, 2.45) is 7.05 Å². The molecule has 4 rings (SSSR count). The van der Waals surface area contributed by atoms with Crippen LogP contribution in [0.3, 0.4) is 0 Å². The first-order chi connectivity index (χ1) is 12.1. The Hall–Kier alpha value is -3.22. The van der Waals surface area contributed by atoms with Crippen molar-refractivity contribution in [3.63, 3.8) is 0 Å². The number of benzene rings is 1. The van der Waals surface area contributed by atoms with Crippen molar-refractivity contribution in [2.45, 2.75) is 20.4 Å². The van der Waals surface area contributed by atoms with E-state index in [1.54, 1.807) is 4.52 Å². The van der Waals surface area contributed by atoms with Crippen LogP contribution in [0.15, 0.2) is 42.9 Å². The number of rotatable bonds is 4. The molecule has 7 nitrogen and oxygen atoms in total. The molecule has 3 heterocycles. The number of aromatic nitrogens is 6. The number of nitrogens with zero attached hydrogens (tertiary/aromatic N) is 6. The van der Waals surface area contributed by atoms with E-state index in [4.69, 9.17) is 0 Å². The van der Waals surface area contributed by atoms with E-state index in [1.165, 1.54) is 6.33 Å². The van der Waals surface area contributed by atoms with Crippen molar-refractivity contribution in [2.75, 3.05) is 5.32 Å². The molecule has 0 aliphatic heterocycles. The molecule has 126 valence electrons. The van der Waals surface area contributed by atoms with Gasteiger partial charge in [-0.2, -0.15) is 19.7 Å². The maximum Gasteiger partial charge on any atom is 0.254 e. The second kappa shape index (κ2) is 6.01. The zero-order chi connectivity index (χ0) is 17.4. The summed E-state index contributed by atoms with van der Waals surface area (Å²) in [5.74, 6) is 1.50. The summed E-state index contributed by atoms with van der Waals surface area (Å²) < 4.78 is 3.58. The molecule has 1 aromatic carbocycles. The number of anilines is 1. The normalized spacial score (nSPS) is 11.2. The third kappa shape index (κ3) is 2.73. The van der Waals surface area contributed by atoms with Crippen LogP contribution in [0.25, 0.3) is 17.0 Å². The van der Waals surface area contributed by atoms with Crippen molar-refractivity contribution in [1.29, 1.82) is 0 Å². The van der Waals surface area contributed by atoms with E-state index in [9.17, 15) is 0 Å². The molecular weight excluding hydrogens is 314 g/mol. The molecule has 0 radical (unpaired) electrons. The molecule has 0 unspecified atom stereocenters. The zero-order valence-electron chi connectivity index (χ0n) is 14.4. The molecule has 0 aliphatic carbocycles. The van der Waals surface area contributed by atoms with E-state index in [0.29, 0.717) is 12.3 Å². The van der Waals surface area contributed by atoms with Crippen molar-refractivity contribution in [1.82, 2.24) is 29.4 Å². The van der Waals surface area contributed by atoms with Gasteiger partial charge in [0.1, 0.15) is 12.1 Å². The lowest BCUT2D eigenvalue weighted by molar-refractivity contribution is 0.770. The summed E-state index contributed by atoms with van der Waals surface area (Å²) in [5, 5.41) is 12.4. The van der Waals surface area contributed by atoms with Gasteiger partial charge in [0.25, 0.3) is 5.78 Å². The number of aryl methyl sites for hydroxylation is 2. The Balaban J connectivity index is 1.69. The average molecular weight is 333 g/mol. The van der Waals surface area contributed by atoms with Crippen LogP contribution in [0.5, 0.6) is 0 Å². The summed E-state index contributed by atoms with van der Waals surface area (Å²) >= 11 is 0. The van der Waals surface area contributed by atoms with Crippen molar-refractivity contribution >= 4 is 11.6 Å². The Morgan fingerprint density at radius 3 is 2.72 bits per heavy atom. The first-order valence-corrected chi connectivity index (χ1v) is 8.12. The quantitative estimate of drug-likeness (QED) is 0.622. The van der Waals surface area contributed by atoms with Gasteiger partial charge in [0, 0.05) is 42.2 Å². The highest BCUT2D eigenvalue weighted by Crippen LogP contribution is 2.24. The largest absolute Gasteiger partial charge is 0.365 e. The Morgan fingerprint density at radius 2 is 1.92 bits per heavy atom. The minimum Gasteiger partial charge on any atom is -0.365 e. The standard InChI is InChI=1S/C18H19N7/c1-12-13(2)22-18-20-11-21-25(18)17(12)19-9-15-10-24(3)23-16(15)14-7-5-4-6-8-14/h4-8,10-11,19H,9H2,1-3H3. The molecule has 0 saturated carbocycles. The van der Waals surface area contributed by atoms with Crippen molar-refractivity contribution in [3.8, 4) is 11.3 Å². The number of hydrogen-bond acceptors (Lipinski definition) is 5. The Morgan fingerprint density at radius 1 is 1.12 bits per heavy atom. The van der Waals surface area contributed by atoms with Crippen LogP contribution < -0.4 is 5.32 Å². The fourth-order valence-corrected chi connectivity index (χ4v) is 2.93.